The first-order valence-electron chi connectivity index (χ1n) is 4.00. The van der Waals surface area contributed by atoms with Crippen molar-refractivity contribution in [3.63, 3.8) is 0 Å². The maximum absolute atomic E-state index is 10.7. The van der Waals surface area contributed by atoms with Crippen molar-refractivity contribution < 1.29 is 15.0 Å². The van der Waals surface area contributed by atoms with Crippen LogP contribution in [0.4, 0.5) is 0 Å². The molecule has 0 unspecified atom stereocenters. The third kappa shape index (κ3) is 1.64. The van der Waals surface area contributed by atoms with Gasteiger partial charge in [-0.05, 0) is 6.08 Å². The minimum absolute atomic E-state index is 0.306. The zero-order valence-electron chi connectivity index (χ0n) is 7.33. The number of aliphatic hydroxyl groups excluding tert-OH is 1. The Hall–Kier alpha value is -1.66. The van der Waals surface area contributed by atoms with Gasteiger partial charge in [-0.1, -0.05) is 11.6 Å². The smallest absolute Gasteiger partial charge is 0.356 e. The summed E-state index contributed by atoms with van der Waals surface area (Å²) in [5.74, 6) is -1.00. The summed E-state index contributed by atoms with van der Waals surface area (Å²) < 4.78 is 0. The van der Waals surface area contributed by atoms with Gasteiger partial charge in [0, 0.05) is 17.3 Å². The number of aliphatic carboxylic acids is 1. The average Bonchev–Trinajstić information content (AvgIpc) is 2.17. The molecular formula is C8H6ClN3O3. The first-order chi connectivity index (χ1) is 7.09. The van der Waals surface area contributed by atoms with Gasteiger partial charge in [-0.15, -0.1) is 10.2 Å². The van der Waals surface area contributed by atoms with E-state index in [1.807, 2.05) is 0 Å². The zero-order chi connectivity index (χ0) is 11.0. The van der Waals surface area contributed by atoms with E-state index in [4.69, 9.17) is 16.7 Å². The number of nitrogens with zero attached hydrogens (tertiary/aromatic N) is 3. The normalized spacial score (nSPS) is 24.0. The van der Waals surface area contributed by atoms with Gasteiger partial charge < -0.3 is 10.2 Å². The largest absolute Gasteiger partial charge is 0.477 e. The molecule has 0 spiro atoms. The van der Waals surface area contributed by atoms with E-state index in [-0.39, 0.29) is 0 Å². The number of aliphatic hydroxyl groups is 1. The summed E-state index contributed by atoms with van der Waals surface area (Å²) in [7, 11) is 0. The predicted octanol–water partition coefficient (Wildman–Crippen LogP) is 0.110. The molecule has 2 N–H and O–H groups in total. The monoisotopic (exact) mass is 227 g/mol. The van der Waals surface area contributed by atoms with Crippen LogP contribution in [-0.4, -0.2) is 38.9 Å². The minimum atomic E-state index is -1.34. The fourth-order valence-electron chi connectivity index (χ4n) is 1.20. The van der Waals surface area contributed by atoms with Crippen molar-refractivity contribution in [2.75, 3.05) is 0 Å². The first kappa shape index (κ1) is 9.88. The predicted molar refractivity (Wildman–Crippen MR) is 53.4 cm³/mol. The van der Waals surface area contributed by atoms with Gasteiger partial charge in [0.2, 0.25) is 0 Å². The van der Waals surface area contributed by atoms with Crippen molar-refractivity contribution in [2.45, 2.75) is 6.23 Å². The van der Waals surface area contributed by atoms with Crippen LogP contribution in [0.15, 0.2) is 33.6 Å². The summed E-state index contributed by atoms with van der Waals surface area (Å²) in [5.41, 5.74) is -0.421. The molecule has 2 aliphatic rings. The molecular weight excluding hydrogens is 222 g/mol. The summed E-state index contributed by atoms with van der Waals surface area (Å²) >= 11 is 5.70. The molecule has 0 aliphatic carbocycles. The molecule has 78 valence electrons. The van der Waals surface area contributed by atoms with E-state index in [0.717, 1.165) is 0 Å². The summed E-state index contributed by atoms with van der Waals surface area (Å²) in [6, 6.07) is 0. The van der Waals surface area contributed by atoms with Crippen molar-refractivity contribution in [2.24, 2.45) is 10.2 Å². The minimum Gasteiger partial charge on any atom is -0.477 e. The Kier molecular flexibility index (Phi) is 2.29. The second-order valence-electron chi connectivity index (χ2n) is 2.87. The topological polar surface area (TPSA) is 85.5 Å². The fraction of sp³-hybridized carbons (Fsp3) is 0.125. The van der Waals surface area contributed by atoms with E-state index in [1.165, 1.54) is 23.3 Å². The maximum atomic E-state index is 10.7. The van der Waals surface area contributed by atoms with E-state index >= 15 is 0 Å². The molecule has 2 aliphatic heterocycles. The van der Waals surface area contributed by atoms with Crippen molar-refractivity contribution in [1.29, 1.82) is 0 Å². The van der Waals surface area contributed by atoms with Crippen molar-refractivity contribution >= 4 is 29.1 Å². The molecule has 2 rings (SSSR count). The van der Waals surface area contributed by atoms with Crippen molar-refractivity contribution in [3.05, 3.63) is 23.4 Å². The van der Waals surface area contributed by atoms with Crippen LogP contribution >= 0.6 is 11.6 Å². The first-order valence-corrected chi connectivity index (χ1v) is 4.38. The van der Waals surface area contributed by atoms with E-state index in [0.29, 0.717) is 10.9 Å². The number of carboxylic acid groups (broad SMARTS) is 1. The van der Waals surface area contributed by atoms with E-state index in [9.17, 15) is 9.90 Å². The SMILES string of the molecule is O=C(O)C1=NN=C2C=C(Cl)C=CN2[C@@H]1O. The third-order valence-electron chi connectivity index (χ3n) is 1.91. The number of hydrogen-bond donors (Lipinski definition) is 2. The molecule has 2 heterocycles. The standard InChI is InChI=1S/C8H6ClN3O3/c9-4-1-2-12-5(3-4)10-11-6(7(12)13)8(14)15/h1-3,7,13H,(H,14,15)/t7-/m1/s1. The molecule has 15 heavy (non-hydrogen) atoms. The van der Waals surface area contributed by atoms with Crippen LogP contribution in [0, 0.1) is 0 Å². The second-order valence-corrected chi connectivity index (χ2v) is 3.31. The summed E-state index contributed by atoms with van der Waals surface area (Å²) in [6.07, 6.45) is 3.11. The summed E-state index contributed by atoms with van der Waals surface area (Å²) in [4.78, 5) is 11.9. The van der Waals surface area contributed by atoms with Crippen LogP contribution in [0.5, 0.6) is 0 Å². The lowest BCUT2D eigenvalue weighted by Gasteiger charge is -2.29. The van der Waals surface area contributed by atoms with Gasteiger partial charge >= 0.3 is 5.97 Å². The Morgan fingerprint density at radius 3 is 2.93 bits per heavy atom. The van der Waals surface area contributed by atoms with Crippen LogP contribution in [0.3, 0.4) is 0 Å². The van der Waals surface area contributed by atoms with Crippen LogP contribution in [-0.2, 0) is 4.79 Å². The zero-order valence-corrected chi connectivity index (χ0v) is 8.09. The number of fused-ring (bicyclic) bond motifs is 1. The molecule has 0 aromatic rings. The van der Waals surface area contributed by atoms with Crippen molar-refractivity contribution in [3.8, 4) is 0 Å². The lowest BCUT2D eigenvalue weighted by Crippen LogP contribution is -2.46. The van der Waals surface area contributed by atoms with E-state index in [1.54, 1.807) is 0 Å². The number of carbonyl (C=O) groups is 1. The highest BCUT2D eigenvalue weighted by Gasteiger charge is 2.31. The number of halogens is 1. The molecule has 1 atom stereocenters. The quantitative estimate of drug-likeness (QED) is 0.666. The number of carboxylic acids is 1. The highest BCUT2D eigenvalue weighted by molar-refractivity contribution is 6.38. The molecule has 0 amide bonds. The van der Waals surface area contributed by atoms with Crippen molar-refractivity contribution in [1.82, 2.24) is 4.90 Å². The second kappa shape index (κ2) is 3.48. The highest BCUT2D eigenvalue weighted by Crippen LogP contribution is 2.18. The Morgan fingerprint density at radius 1 is 1.53 bits per heavy atom. The molecule has 6 nitrogen and oxygen atoms in total. The van der Waals surface area contributed by atoms with Crippen LogP contribution in [0.1, 0.15) is 0 Å². The maximum Gasteiger partial charge on any atom is 0.356 e. The van der Waals surface area contributed by atoms with Crippen LogP contribution < -0.4 is 0 Å². The Labute approximate surface area is 89.5 Å². The fourth-order valence-corrected chi connectivity index (χ4v) is 1.36. The summed E-state index contributed by atoms with van der Waals surface area (Å²) in [5, 5.41) is 25.8. The van der Waals surface area contributed by atoms with Gasteiger partial charge in [0.25, 0.3) is 0 Å². The molecule has 0 radical (unpaired) electrons. The number of amidine groups is 1. The van der Waals surface area contributed by atoms with E-state index < -0.39 is 17.9 Å². The molecule has 0 fully saturated rings. The number of hydrogen-bond acceptors (Lipinski definition) is 5. The van der Waals surface area contributed by atoms with Crippen LogP contribution in [0.25, 0.3) is 0 Å². The molecule has 0 aromatic carbocycles. The average molecular weight is 228 g/mol. The molecule has 7 heteroatoms. The Bertz CT molecular complexity index is 438. The van der Waals surface area contributed by atoms with Gasteiger partial charge in [0.1, 0.15) is 0 Å². The molecule has 0 aromatic heterocycles. The van der Waals surface area contributed by atoms with Crippen LogP contribution in [0.2, 0.25) is 0 Å². The molecule has 0 bridgehead atoms. The third-order valence-corrected chi connectivity index (χ3v) is 2.15. The lowest BCUT2D eigenvalue weighted by molar-refractivity contribution is -0.130. The van der Waals surface area contributed by atoms with Gasteiger partial charge in [-0.3, -0.25) is 4.90 Å². The number of allylic oxidation sites excluding steroid dienone is 2. The Balaban J connectivity index is 2.40. The summed E-state index contributed by atoms with van der Waals surface area (Å²) in [6.45, 7) is 0. The van der Waals surface area contributed by atoms with Gasteiger partial charge in [-0.2, -0.15) is 0 Å². The lowest BCUT2D eigenvalue weighted by atomic mass is 10.2. The van der Waals surface area contributed by atoms with Gasteiger partial charge in [0.15, 0.2) is 17.8 Å². The Morgan fingerprint density at radius 2 is 2.27 bits per heavy atom. The highest BCUT2D eigenvalue weighted by atomic mass is 35.5. The number of rotatable bonds is 1. The molecule has 0 saturated carbocycles. The van der Waals surface area contributed by atoms with E-state index in [2.05, 4.69) is 10.2 Å². The van der Waals surface area contributed by atoms with Gasteiger partial charge in [0.05, 0.1) is 0 Å². The van der Waals surface area contributed by atoms with Gasteiger partial charge in [-0.25, -0.2) is 4.79 Å². The molecule has 0 saturated heterocycles.